The largest absolute Gasteiger partial charge is 0.502 e. The van der Waals surface area contributed by atoms with E-state index in [1.807, 2.05) is 0 Å². The van der Waals surface area contributed by atoms with Crippen LogP contribution in [0.1, 0.15) is 11.1 Å². The summed E-state index contributed by atoms with van der Waals surface area (Å²) in [5.74, 6) is -1.58. The summed E-state index contributed by atoms with van der Waals surface area (Å²) in [6.07, 6.45) is 0. The summed E-state index contributed by atoms with van der Waals surface area (Å²) in [6.45, 7) is 1.74. The third-order valence-electron chi connectivity index (χ3n) is 3.84. The molecular weight excluding hydrogens is 330 g/mol. The van der Waals surface area contributed by atoms with Crippen LogP contribution in [0.2, 0.25) is 5.02 Å². The molecule has 122 valence electrons. The van der Waals surface area contributed by atoms with E-state index in [1.165, 1.54) is 7.11 Å². The first-order chi connectivity index (χ1) is 11.5. The van der Waals surface area contributed by atoms with Crippen LogP contribution < -0.4 is 9.64 Å². The third-order valence-corrected chi connectivity index (χ3v) is 4.07. The maximum absolute atomic E-state index is 12.8. The summed E-state index contributed by atoms with van der Waals surface area (Å²) in [4.78, 5) is 26.2. The molecule has 5 nitrogen and oxygen atoms in total. The van der Waals surface area contributed by atoms with Crippen molar-refractivity contribution in [2.45, 2.75) is 6.92 Å². The fourth-order valence-corrected chi connectivity index (χ4v) is 2.93. The number of para-hydroxylation sites is 1. The summed E-state index contributed by atoms with van der Waals surface area (Å²) >= 11 is 5.92. The average molecular weight is 344 g/mol. The van der Waals surface area contributed by atoms with Crippen molar-refractivity contribution in [1.82, 2.24) is 0 Å². The van der Waals surface area contributed by atoms with Gasteiger partial charge in [0.2, 0.25) is 0 Å². The lowest BCUT2D eigenvalue weighted by molar-refractivity contribution is -0.121. The van der Waals surface area contributed by atoms with Gasteiger partial charge in [0.05, 0.1) is 18.4 Å². The van der Waals surface area contributed by atoms with Crippen LogP contribution in [-0.4, -0.2) is 24.0 Å². The Kier molecular flexibility index (Phi) is 4.03. The lowest BCUT2D eigenvalue weighted by Crippen LogP contribution is -2.32. The van der Waals surface area contributed by atoms with Crippen molar-refractivity contribution in [3.63, 3.8) is 0 Å². The molecule has 1 heterocycles. The second-order valence-electron chi connectivity index (χ2n) is 5.30. The van der Waals surface area contributed by atoms with Gasteiger partial charge >= 0.3 is 5.91 Å². The van der Waals surface area contributed by atoms with E-state index >= 15 is 0 Å². The van der Waals surface area contributed by atoms with Crippen LogP contribution in [0.4, 0.5) is 5.69 Å². The maximum atomic E-state index is 12.8. The molecule has 0 spiro atoms. The number of hydrogen-bond acceptors (Lipinski definition) is 4. The molecule has 0 bridgehead atoms. The number of halogens is 1. The van der Waals surface area contributed by atoms with Gasteiger partial charge in [-0.3, -0.25) is 9.59 Å². The van der Waals surface area contributed by atoms with Crippen molar-refractivity contribution >= 4 is 34.7 Å². The van der Waals surface area contributed by atoms with Gasteiger partial charge in [-0.1, -0.05) is 29.8 Å². The van der Waals surface area contributed by atoms with Crippen LogP contribution in [0.25, 0.3) is 5.57 Å². The lowest BCUT2D eigenvalue weighted by Gasteiger charge is -2.17. The molecule has 0 aliphatic carbocycles. The molecule has 0 atom stereocenters. The van der Waals surface area contributed by atoms with Crippen molar-refractivity contribution in [2.75, 3.05) is 12.0 Å². The maximum Gasteiger partial charge on any atom is 0.301 e. The Morgan fingerprint density at radius 2 is 1.79 bits per heavy atom. The summed E-state index contributed by atoms with van der Waals surface area (Å²) in [5.41, 5.74) is 1.32. The topological polar surface area (TPSA) is 66.8 Å². The quantitative estimate of drug-likeness (QED) is 0.866. The molecule has 0 radical (unpaired) electrons. The fraction of sp³-hybridized carbons (Fsp3) is 0.111. The molecule has 1 aliphatic rings. The number of methoxy groups -OCH3 is 1. The van der Waals surface area contributed by atoms with Gasteiger partial charge in [-0.15, -0.1) is 0 Å². The minimum Gasteiger partial charge on any atom is -0.502 e. The highest BCUT2D eigenvalue weighted by molar-refractivity contribution is 6.45. The minimum absolute atomic E-state index is 0.0770. The van der Waals surface area contributed by atoms with E-state index in [2.05, 4.69) is 0 Å². The molecule has 3 rings (SSSR count). The number of anilines is 1. The van der Waals surface area contributed by atoms with Gasteiger partial charge in [-0.2, -0.15) is 0 Å². The molecule has 1 aliphatic heterocycles. The van der Waals surface area contributed by atoms with Crippen molar-refractivity contribution < 1.29 is 19.4 Å². The fourth-order valence-electron chi connectivity index (χ4n) is 2.70. The summed E-state index contributed by atoms with van der Waals surface area (Å²) in [7, 11) is 1.46. The first kappa shape index (κ1) is 16.1. The summed E-state index contributed by atoms with van der Waals surface area (Å²) in [5, 5.41) is 10.8. The third kappa shape index (κ3) is 2.43. The predicted octanol–water partition coefficient (Wildman–Crippen LogP) is 3.50. The number of aryl methyl sites for hydroxylation is 1. The number of benzene rings is 2. The highest BCUT2D eigenvalue weighted by atomic mass is 35.5. The Balaban J connectivity index is 2.11. The number of aliphatic hydroxyl groups excluding tert-OH is 1. The standard InChI is InChI=1S/C18H14ClNO4/c1-10-9-11(19)7-8-13(10)20-17(22)15(16(21)18(20)23)12-5-3-4-6-14(12)24-2/h3-9,21H,1-2H3. The Bertz CT molecular complexity index is 888. The molecule has 0 saturated heterocycles. The predicted molar refractivity (Wildman–Crippen MR) is 91.2 cm³/mol. The lowest BCUT2D eigenvalue weighted by atomic mass is 10.0. The van der Waals surface area contributed by atoms with E-state index in [-0.39, 0.29) is 5.57 Å². The normalized spacial score (nSPS) is 14.5. The van der Waals surface area contributed by atoms with E-state index in [1.54, 1.807) is 49.4 Å². The average Bonchev–Trinajstić information content (AvgIpc) is 2.78. The monoisotopic (exact) mass is 343 g/mol. The van der Waals surface area contributed by atoms with Gasteiger partial charge in [-0.25, -0.2) is 4.90 Å². The number of imide groups is 1. The molecule has 0 saturated carbocycles. The summed E-state index contributed by atoms with van der Waals surface area (Å²) in [6, 6.07) is 11.5. The number of hydrogen-bond donors (Lipinski definition) is 1. The Morgan fingerprint density at radius 1 is 1.08 bits per heavy atom. The summed E-state index contributed by atoms with van der Waals surface area (Å²) < 4.78 is 5.23. The van der Waals surface area contributed by atoms with Gasteiger partial charge in [-0.05, 0) is 36.8 Å². The number of carbonyl (C=O) groups is 2. The first-order valence-corrected chi connectivity index (χ1v) is 7.55. The van der Waals surface area contributed by atoms with Crippen molar-refractivity contribution in [1.29, 1.82) is 0 Å². The van der Waals surface area contributed by atoms with Crippen LogP contribution in [0, 0.1) is 6.92 Å². The van der Waals surface area contributed by atoms with Crippen LogP contribution in [0.5, 0.6) is 5.75 Å². The zero-order valence-corrected chi connectivity index (χ0v) is 13.8. The molecule has 0 unspecified atom stereocenters. The molecular formula is C18H14ClNO4. The zero-order valence-electron chi connectivity index (χ0n) is 13.0. The Labute approximate surface area is 143 Å². The second kappa shape index (κ2) is 6.02. The van der Waals surface area contributed by atoms with Crippen LogP contribution in [0.15, 0.2) is 48.2 Å². The number of amides is 2. The van der Waals surface area contributed by atoms with Crippen LogP contribution in [0.3, 0.4) is 0 Å². The highest BCUT2D eigenvalue weighted by Crippen LogP contribution is 2.37. The number of rotatable bonds is 3. The number of carbonyl (C=O) groups excluding carboxylic acids is 2. The SMILES string of the molecule is COc1ccccc1C1=C(O)C(=O)N(c2ccc(Cl)cc2C)C1=O. The van der Waals surface area contributed by atoms with Crippen LogP contribution in [-0.2, 0) is 9.59 Å². The number of aliphatic hydroxyl groups is 1. The van der Waals surface area contributed by atoms with E-state index < -0.39 is 17.6 Å². The molecule has 2 amide bonds. The van der Waals surface area contributed by atoms with Crippen molar-refractivity contribution in [3.05, 3.63) is 64.4 Å². The molecule has 24 heavy (non-hydrogen) atoms. The second-order valence-corrected chi connectivity index (χ2v) is 5.74. The Hall–Kier alpha value is -2.79. The zero-order chi connectivity index (χ0) is 17.4. The van der Waals surface area contributed by atoms with Crippen LogP contribution >= 0.6 is 11.6 Å². The van der Waals surface area contributed by atoms with Gasteiger partial charge in [0.15, 0.2) is 5.76 Å². The molecule has 6 heteroatoms. The molecule has 1 N–H and O–H groups in total. The number of ether oxygens (including phenoxy) is 1. The number of nitrogens with zero attached hydrogens (tertiary/aromatic N) is 1. The smallest absolute Gasteiger partial charge is 0.301 e. The molecule has 0 aromatic heterocycles. The van der Waals surface area contributed by atoms with E-state index in [0.717, 1.165) is 4.90 Å². The molecule has 2 aromatic rings. The molecule has 2 aromatic carbocycles. The van der Waals surface area contributed by atoms with Crippen molar-refractivity contribution in [3.8, 4) is 5.75 Å². The van der Waals surface area contributed by atoms with Gasteiger partial charge in [0.25, 0.3) is 5.91 Å². The first-order valence-electron chi connectivity index (χ1n) is 7.17. The van der Waals surface area contributed by atoms with Gasteiger partial charge in [0, 0.05) is 10.6 Å². The Morgan fingerprint density at radius 3 is 2.46 bits per heavy atom. The van der Waals surface area contributed by atoms with Gasteiger partial charge in [0.1, 0.15) is 5.75 Å². The molecule has 0 fully saturated rings. The van der Waals surface area contributed by atoms with Crippen molar-refractivity contribution in [2.24, 2.45) is 0 Å². The van der Waals surface area contributed by atoms with E-state index in [0.29, 0.717) is 27.6 Å². The van der Waals surface area contributed by atoms with E-state index in [4.69, 9.17) is 16.3 Å². The van der Waals surface area contributed by atoms with Gasteiger partial charge < -0.3 is 9.84 Å². The highest BCUT2D eigenvalue weighted by Gasteiger charge is 2.41. The van der Waals surface area contributed by atoms with E-state index in [9.17, 15) is 14.7 Å². The minimum atomic E-state index is -0.772.